The quantitative estimate of drug-likeness (QED) is 0.640. The van der Waals surface area contributed by atoms with Crippen LogP contribution in [0, 0.1) is 0 Å². The highest BCUT2D eigenvalue weighted by Crippen LogP contribution is 2.28. The normalized spacial score (nSPS) is 10.2. The van der Waals surface area contributed by atoms with Gasteiger partial charge in [0.2, 0.25) is 0 Å². The number of anilines is 5. The largest absolute Gasteiger partial charge is 0.494 e. The Hall–Kier alpha value is -3.35. The van der Waals surface area contributed by atoms with Crippen LogP contribution in [0.25, 0.3) is 0 Å². The Morgan fingerprint density at radius 3 is 2.33 bits per heavy atom. The zero-order valence-electron chi connectivity index (χ0n) is 13.2. The number of nitrogens with one attached hydrogen (secondary N) is 2. The van der Waals surface area contributed by atoms with Crippen LogP contribution in [0.4, 0.5) is 28.7 Å². The predicted molar refractivity (Wildman–Crippen MR) is 94.9 cm³/mol. The molecular formula is C17H18N6O. The molecule has 0 radical (unpaired) electrons. The summed E-state index contributed by atoms with van der Waals surface area (Å²) < 4.78 is 5.43. The molecule has 0 fully saturated rings. The summed E-state index contributed by atoms with van der Waals surface area (Å²) in [6.45, 7) is 2.58. The number of nitrogens with zero attached hydrogens (tertiary/aromatic N) is 3. The highest BCUT2D eigenvalue weighted by molar-refractivity contribution is 5.80. The molecule has 0 aliphatic rings. The van der Waals surface area contributed by atoms with E-state index in [1.165, 1.54) is 6.33 Å². The van der Waals surface area contributed by atoms with Gasteiger partial charge >= 0.3 is 0 Å². The molecule has 0 bridgehead atoms. The SMILES string of the molecule is CCOc1ccc(Nc2ncnc(Nc3cccnc3)c2N)cc1. The van der Waals surface area contributed by atoms with Gasteiger partial charge in [0.1, 0.15) is 17.8 Å². The lowest BCUT2D eigenvalue weighted by molar-refractivity contribution is 0.340. The summed E-state index contributed by atoms with van der Waals surface area (Å²) in [4.78, 5) is 12.4. The second-order valence-corrected chi connectivity index (χ2v) is 4.93. The first kappa shape index (κ1) is 15.5. The highest BCUT2D eigenvalue weighted by atomic mass is 16.5. The van der Waals surface area contributed by atoms with E-state index in [2.05, 4.69) is 25.6 Å². The third kappa shape index (κ3) is 3.70. The molecule has 0 saturated carbocycles. The Morgan fingerprint density at radius 2 is 1.71 bits per heavy atom. The summed E-state index contributed by atoms with van der Waals surface area (Å²) in [5.41, 5.74) is 8.25. The second-order valence-electron chi connectivity index (χ2n) is 4.93. The number of nitrogens with two attached hydrogens (primary N) is 1. The van der Waals surface area contributed by atoms with Crippen molar-refractivity contribution in [1.82, 2.24) is 15.0 Å². The first-order valence-corrected chi connectivity index (χ1v) is 7.53. The van der Waals surface area contributed by atoms with Gasteiger partial charge in [-0.2, -0.15) is 0 Å². The molecule has 0 aliphatic carbocycles. The summed E-state index contributed by atoms with van der Waals surface area (Å²) >= 11 is 0. The first-order chi connectivity index (χ1) is 11.8. The van der Waals surface area contributed by atoms with Gasteiger partial charge in [-0.25, -0.2) is 9.97 Å². The smallest absolute Gasteiger partial charge is 0.159 e. The molecule has 0 spiro atoms. The van der Waals surface area contributed by atoms with Gasteiger partial charge in [0.05, 0.1) is 18.5 Å². The zero-order chi connectivity index (χ0) is 16.8. The van der Waals surface area contributed by atoms with Crippen LogP contribution >= 0.6 is 0 Å². The van der Waals surface area contributed by atoms with Crippen LogP contribution in [-0.2, 0) is 0 Å². The van der Waals surface area contributed by atoms with Gasteiger partial charge in [0.15, 0.2) is 11.6 Å². The van der Waals surface area contributed by atoms with Crippen molar-refractivity contribution in [3.05, 3.63) is 55.1 Å². The lowest BCUT2D eigenvalue weighted by Gasteiger charge is -2.12. The molecule has 3 rings (SSSR count). The topological polar surface area (TPSA) is 98.0 Å². The summed E-state index contributed by atoms with van der Waals surface area (Å²) in [5, 5.41) is 6.31. The molecule has 7 nitrogen and oxygen atoms in total. The minimum atomic E-state index is 0.426. The van der Waals surface area contributed by atoms with Crippen LogP contribution in [0.5, 0.6) is 5.75 Å². The fourth-order valence-corrected chi connectivity index (χ4v) is 2.11. The Balaban J connectivity index is 1.77. The van der Waals surface area contributed by atoms with Crippen LogP contribution < -0.4 is 21.1 Å². The van der Waals surface area contributed by atoms with Crippen molar-refractivity contribution in [3.8, 4) is 5.75 Å². The van der Waals surface area contributed by atoms with E-state index >= 15 is 0 Å². The van der Waals surface area contributed by atoms with Gasteiger partial charge in [-0.3, -0.25) is 4.98 Å². The maximum Gasteiger partial charge on any atom is 0.159 e. The van der Waals surface area contributed by atoms with Crippen molar-refractivity contribution in [3.63, 3.8) is 0 Å². The Kier molecular flexibility index (Phi) is 4.71. The van der Waals surface area contributed by atoms with E-state index in [0.29, 0.717) is 23.9 Å². The summed E-state index contributed by atoms with van der Waals surface area (Å²) in [6, 6.07) is 11.3. The van der Waals surface area contributed by atoms with Gasteiger partial charge in [0.25, 0.3) is 0 Å². The molecular weight excluding hydrogens is 304 g/mol. The number of pyridine rings is 1. The van der Waals surface area contributed by atoms with E-state index < -0.39 is 0 Å². The van der Waals surface area contributed by atoms with Crippen LogP contribution in [0.15, 0.2) is 55.1 Å². The van der Waals surface area contributed by atoms with Crippen LogP contribution in [0.1, 0.15) is 6.92 Å². The van der Waals surface area contributed by atoms with Gasteiger partial charge in [0, 0.05) is 11.9 Å². The number of rotatable bonds is 6. The van der Waals surface area contributed by atoms with E-state index in [-0.39, 0.29) is 0 Å². The molecule has 2 heterocycles. The van der Waals surface area contributed by atoms with E-state index in [4.69, 9.17) is 10.5 Å². The van der Waals surface area contributed by atoms with Gasteiger partial charge in [-0.15, -0.1) is 0 Å². The summed E-state index contributed by atoms with van der Waals surface area (Å²) in [6.07, 6.45) is 4.85. The Labute approximate surface area is 139 Å². The van der Waals surface area contributed by atoms with Gasteiger partial charge in [-0.1, -0.05) is 0 Å². The van der Waals surface area contributed by atoms with Gasteiger partial charge < -0.3 is 21.1 Å². The minimum absolute atomic E-state index is 0.426. The number of aromatic nitrogens is 3. The summed E-state index contributed by atoms with van der Waals surface area (Å²) in [7, 11) is 0. The average Bonchev–Trinajstić information content (AvgIpc) is 2.61. The van der Waals surface area contributed by atoms with Crippen molar-refractivity contribution in [2.75, 3.05) is 23.0 Å². The fraction of sp³-hybridized carbons (Fsp3) is 0.118. The first-order valence-electron chi connectivity index (χ1n) is 7.53. The molecule has 0 amide bonds. The van der Waals surface area contributed by atoms with E-state index in [9.17, 15) is 0 Å². The molecule has 4 N–H and O–H groups in total. The maximum absolute atomic E-state index is 6.16. The van der Waals surface area contributed by atoms with E-state index in [1.807, 2.05) is 43.3 Å². The molecule has 2 aromatic heterocycles. The molecule has 1 aromatic carbocycles. The third-order valence-corrected chi connectivity index (χ3v) is 3.24. The minimum Gasteiger partial charge on any atom is -0.494 e. The van der Waals surface area contributed by atoms with Crippen molar-refractivity contribution in [1.29, 1.82) is 0 Å². The lowest BCUT2D eigenvalue weighted by Crippen LogP contribution is -2.05. The van der Waals surface area contributed by atoms with Gasteiger partial charge in [-0.05, 0) is 43.3 Å². The zero-order valence-corrected chi connectivity index (χ0v) is 13.2. The molecule has 3 aromatic rings. The van der Waals surface area contributed by atoms with E-state index in [1.54, 1.807) is 12.4 Å². The summed E-state index contributed by atoms with van der Waals surface area (Å²) in [5.74, 6) is 1.87. The van der Waals surface area contributed by atoms with Crippen molar-refractivity contribution >= 4 is 28.7 Å². The molecule has 122 valence electrons. The van der Waals surface area contributed by atoms with Crippen LogP contribution in [-0.4, -0.2) is 21.6 Å². The van der Waals surface area contributed by atoms with E-state index in [0.717, 1.165) is 17.1 Å². The van der Waals surface area contributed by atoms with Crippen LogP contribution in [0.3, 0.4) is 0 Å². The number of benzene rings is 1. The Bertz CT molecular complexity index is 792. The number of ether oxygens (including phenoxy) is 1. The fourth-order valence-electron chi connectivity index (χ4n) is 2.11. The number of nitrogen functional groups attached to an aromatic ring is 1. The molecule has 24 heavy (non-hydrogen) atoms. The second kappa shape index (κ2) is 7.28. The molecule has 0 aliphatic heterocycles. The monoisotopic (exact) mass is 322 g/mol. The average molecular weight is 322 g/mol. The number of hydrogen-bond acceptors (Lipinski definition) is 7. The van der Waals surface area contributed by atoms with Crippen molar-refractivity contribution in [2.45, 2.75) is 6.92 Å². The van der Waals surface area contributed by atoms with Crippen molar-refractivity contribution in [2.24, 2.45) is 0 Å². The molecule has 0 saturated heterocycles. The standard InChI is InChI=1S/C17H18N6O/c1-2-24-14-7-5-12(6-8-14)22-16-15(18)17(21-11-20-16)23-13-4-3-9-19-10-13/h3-11H,2,18H2,1H3,(H2,20,21,22,23). The highest BCUT2D eigenvalue weighted by Gasteiger charge is 2.09. The molecule has 0 unspecified atom stereocenters. The number of hydrogen-bond donors (Lipinski definition) is 3. The van der Waals surface area contributed by atoms with Crippen molar-refractivity contribution < 1.29 is 4.74 Å². The molecule has 7 heteroatoms. The molecule has 0 atom stereocenters. The lowest BCUT2D eigenvalue weighted by atomic mass is 10.3. The van der Waals surface area contributed by atoms with Crippen LogP contribution in [0.2, 0.25) is 0 Å². The Morgan fingerprint density at radius 1 is 1.00 bits per heavy atom. The predicted octanol–water partition coefficient (Wildman–Crippen LogP) is 3.34. The maximum atomic E-state index is 6.16. The third-order valence-electron chi connectivity index (χ3n) is 3.24.